The normalized spacial score (nSPS) is 19.6. The van der Waals surface area contributed by atoms with Crippen LogP contribution in [0.3, 0.4) is 0 Å². The molecule has 2 heterocycles. The van der Waals surface area contributed by atoms with Crippen LogP contribution < -0.4 is 5.32 Å². The first kappa shape index (κ1) is 13.4. The molecule has 1 aromatic rings. The van der Waals surface area contributed by atoms with Gasteiger partial charge in [-0.2, -0.15) is 0 Å². The molecule has 1 saturated heterocycles. The molecular formula is C14H23N3O. The van der Waals surface area contributed by atoms with E-state index >= 15 is 0 Å². The van der Waals surface area contributed by atoms with E-state index < -0.39 is 0 Å². The molecule has 1 N–H and O–H groups in total. The van der Waals surface area contributed by atoms with Gasteiger partial charge >= 0.3 is 0 Å². The second kappa shape index (κ2) is 6.81. The minimum Gasteiger partial charge on any atom is -0.381 e. The highest BCUT2D eigenvalue weighted by atomic mass is 16.5. The maximum Gasteiger partial charge on any atom is 0.128 e. The summed E-state index contributed by atoms with van der Waals surface area (Å²) in [6, 6.07) is 0. The molecule has 1 fully saturated rings. The summed E-state index contributed by atoms with van der Waals surface area (Å²) in [7, 11) is 0. The maximum absolute atomic E-state index is 5.36. The van der Waals surface area contributed by atoms with Gasteiger partial charge in [0.05, 0.1) is 0 Å². The van der Waals surface area contributed by atoms with E-state index in [1.165, 1.54) is 0 Å². The van der Waals surface area contributed by atoms with Crippen LogP contribution >= 0.6 is 0 Å². The summed E-state index contributed by atoms with van der Waals surface area (Å²) in [6.45, 7) is 8.04. The molecule has 0 aromatic carbocycles. The van der Waals surface area contributed by atoms with Crippen molar-refractivity contribution < 1.29 is 4.74 Å². The maximum atomic E-state index is 5.36. The van der Waals surface area contributed by atoms with Crippen LogP contribution in [-0.2, 0) is 17.7 Å². The molecule has 1 aliphatic rings. The van der Waals surface area contributed by atoms with Crippen molar-refractivity contribution in [3.63, 3.8) is 0 Å². The first-order chi connectivity index (χ1) is 8.74. The van der Waals surface area contributed by atoms with E-state index in [1.54, 1.807) is 0 Å². The molecule has 2 rings (SSSR count). The summed E-state index contributed by atoms with van der Waals surface area (Å²) in [5, 5.41) is 3.39. The second-order valence-electron chi connectivity index (χ2n) is 5.47. The Bertz CT molecular complexity index is 345. The van der Waals surface area contributed by atoms with Crippen LogP contribution in [0, 0.1) is 11.8 Å². The lowest BCUT2D eigenvalue weighted by Gasteiger charge is -2.08. The van der Waals surface area contributed by atoms with Crippen LogP contribution in [0.2, 0.25) is 0 Å². The van der Waals surface area contributed by atoms with Gasteiger partial charge in [0.1, 0.15) is 5.82 Å². The van der Waals surface area contributed by atoms with Gasteiger partial charge in [0.15, 0.2) is 0 Å². The average Bonchev–Trinajstić information content (AvgIpc) is 2.84. The third kappa shape index (κ3) is 4.35. The fourth-order valence-corrected chi connectivity index (χ4v) is 2.09. The first-order valence-corrected chi connectivity index (χ1v) is 6.82. The predicted molar refractivity (Wildman–Crippen MR) is 71.2 cm³/mol. The molecule has 0 radical (unpaired) electrons. The van der Waals surface area contributed by atoms with Crippen molar-refractivity contribution in [2.24, 2.45) is 11.8 Å². The van der Waals surface area contributed by atoms with Gasteiger partial charge in [-0.3, -0.25) is 0 Å². The van der Waals surface area contributed by atoms with Crippen molar-refractivity contribution in [3.05, 3.63) is 23.8 Å². The molecule has 100 valence electrons. The van der Waals surface area contributed by atoms with E-state index in [0.29, 0.717) is 11.8 Å². The molecule has 4 heteroatoms. The third-order valence-corrected chi connectivity index (χ3v) is 3.14. The average molecular weight is 249 g/mol. The van der Waals surface area contributed by atoms with Crippen LogP contribution in [0.15, 0.2) is 12.4 Å². The van der Waals surface area contributed by atoms with Gasteiger partial charge in [-0.15, -0.1) is 0 Å². The minimum absolute atomic E-state index is 0.606. The van der Waals surface area contributed by atoms with Gasteiger partial charge in [-0.25, -0.2) is 9.97 Å². The highest BCUT2D eigenvalue weighted by Gasteiger charge is 2.17. The van der Waals surface area contributed by atoms with Gasteiger partial charge in [0, 0.05) is 44.1 Å². The van der Waals surface area contributed by atoms with Crippen molar-refractivity contribution in [2.75, 3.05) is 19.8 Å². The van der Waals surface area contributed by atoms with Crippen molar-refractivity contribution in [3.8, 4) is 0 Å². The van der Waals surface area contributed by atoms with Crippen molar-refractivity contribution in [2.45, 2.75) is 33.2 Å². The molecule has 18 heavy (non-hydrogen) atoms. The number of hydrogen-bond donors (Lipinski definition) is 1. The summed E-state index contributed by atoms with van der Waals surface area (Å²) in [4.78, 5) is 8.87. The Hall–Kier alpha value is -1.00. The standard InChI is InChI=1S/C14H23N3O/c1-11(2)6-15-7-13-8-16-14(17-9-13)5-12-3-4-18-10-12/h8-9,11-12,15H,3-7,10H2,1-2H3. The quantitative estimate of drug-likeness (QED) is 0.835. The Morgan fingerprint density at radius 1 is 1.39 bits per heavy atom. The lowest BCUT2D eigenvalue weighted by atomic mass is 10.1. The fourth-order valence-electron chi connectivity index (χ4n) is 2.09. The van der Waals surface area contributed by atoms with E-state index in [9.17, 15) is 0 Å². The zero-order chi connectivity index (χ0) is 12.8. The molecule has 1 aliphatic heterocycles. The van der Waals surface area contributed by atoms with Gasteiger partial charge in [0.25, 0.3) is 0 Å². The highest BCUT2D eigenvalue weighted by molar-refractivity contribution is 5.05. The lowest BCUT2D eigenvalue weighted by molar-refractivity contribution is 0.185. The van der Waals surface area contributed by atoms with E-state index in [4.69, 9.17) is 4.74 Å². The van der Waals surface area contributed by atoms with Crippen molar-refractivity contribution in [1.82, 2.24) is 15.3 Å². The third-order valence-electron chi connectivity index (χ3n) is 3.14. The van der Waals surface area contributed by atoms with Gasteiger partial charge in [0.2, 0.25) is 0 Å². The zero-order valence-corrected chi connectivity index (χ0v) is 11.4. The molecule has 1 aromatic heterocycles. The number of hydrogen-bond acceptors (Lipinski definition) is 4. The van der Waals surface area contributed by atoms with Crippen LogP contribution in [0.1, 0.15) is 31.7 Å². The highest BCUT2D eigenvalue weighted by Crippen LogP contribution is 2.15. The molecule has 1 unspecified atom stereocenters. The van der Waals surface area contributed by atoms with Gasteiger partial charge in [-0.1, -0.05) is 13.8 Å². The monoisotopic (exact) mass is 249 g/mol. The molecule has 0 amide bonds. The van der Waals surface area contributed by atoms with Crippen LogP contribution in [0.25, 0.3) is 0 Å². The molecule has 0 spiro atoms. The van der Waals surface area contributed by atoms with Crippen LogP contribution in [-0.4, -0.2) is 29.7 Å². The van der Waals surface area contributed by atoms with E-state index in [-0.39, 0.29) is 0 Å². The molecule has 0 aliphatic carbocycles. The smallest absolute Gasteiger partial charge is 0.128 e. The number of nitrogens with one attached hydrogen (secondary N) is 1. The topological polar surface area (TPSA) is 47.0 Å². The molecular weight excluding hydrogens is 226 g/mol. The van der Waals surface area contributed by atoms with E-state index in [1.807, 2.05) is 12.4 Å². The van der Waals surface area contributed by atoms with Crippen LogP contribution in [0.5, 0.6) is 0 Å². The molecule has 1 atom stereocenters. The number of nitrogens with zero attached hydrogens (tertiary/aromatic N) is 2. The predicted octanol–water partition coefficient (Wildman–Crippen LogP) is 1.80. The number of rotatable bonds is 6. The van der Waals surface area contributed by atoms with Gasteiger partial charge < -0.3 is 10.1 Å². The number of ether oxygens (including phenoxy) is 1. The summed E-state index contributed by atoms with van der Waals surface area (Å²) in [5.74, 6) is 2.22. The van der Waals surface area contributed by atoms with Crippen LogP contribution in [0.4, 0.5) is 0 Å². The summed E-state index contributed by atoms with van der Waals surface area (Å²) in [5.41, 5.74) is 1.15. The lowest BCUT2D eigenvalue weighted by Crippen LogP contribution is -2.19. The van der Waals surface area contributed by atoms with Crippen molar-refractivity contribution in [1.29, 1.82) is 0 Å². The first-order valence-electron chi connectivity index (χ1n) is 6.82. The Morgan fingerprint density at radius 3 is 2.78 bits per heavy atom. The summed E-state index contributed by atoms with van der Waals surface area (Å²) in [6.07, 6.45) is 5.96. The fraction of sp³-hybridized carbons (Fsp3) is 0.714. The number of aromatic nitrogens is 2. The molecule has 4 nitrogen and oxygen atoms in total. The summed E-state index contributed by atoms with van der Waals surface area (Å²) < 4.78 is 5.36. The molecule has 0 bridgehead atoms. The Kier molecular flexibility index (Phi) is 5.08. The SMILES string of the molecule is CC(C)CNCc1cnc(CC2CCOC2)nc1. The Labute approximate surface area is 109 Å². The second-order valence-corrected chi connectivity index (χ2v) is 5.47. The Balaban J connectivity index is 1.77. The Morgan fingerprint density at radius 2 is 2.17 bits per heavy atom. The molecule has 0 saturated carbocycles. The van der Waals surface area contributed by atoms with E-state index in [2.05, 4.69) is 29.1 Å². The van der Waals surface area contributed by atoms with Crippen molar-refractivity contribution >= 4 is 0 Å². The largest absolute Gasteiger partial charge is 0.381 e. The van der Waals surface area contributed by atoms with E-state index in [0.717, 1.165) is 50.5 Å². The minimum atomic E-state index is 0.606. The van der Waals surface area contributed by atoms with Gasteiger partial charge in [-0.05, 0) is 24.8 Å². The zero-order valence-electron chi connectivity index (χ0n) is 11.4. The summed E-state index contributed by atoms with van der Waals surface area (Å²) >= 11 is 0.